The molecule has 0 radical (unpaired) electrons. The molecule has 0 spiro atoms. The molecule has 3 nitrogen and oxygen atoms in total. The third kappa shape index (κ3) is 4.01. The van der Waals surface area contributed by atoms with Gasteiger partial charge in [-0.1, -0.05) is 84.4 Å². The van der Waals surface area contributed by atoms with E-state index in [1.165, 1.54) is 37.7 Å². The van der Waals surface area contributed by atoms with E-state index in [2.05, 4.69) is 60.7 Å². The van der Waals surface area contributed by atoms with Crippen LogP contribution in [0.4, 0.5) is 0 Å². The van der Waals surface area contributed by atoms with Crippen LogP contribution in [-0.4, -0.2) is 32.5 Å². The Bertz CT molecular complexity index is 568. The fraction of sp³-hybridized carbons (Fsp3) is 0.875. The zero-order valence-electron chi connectivity index (χ0n) is 19.9. The minimum atomic E-state index is -1.65. The first-order valence-electron chi connectivity index (χ1n) is 11.6. The van der Waals surface area contributed by atoms with E-state index >= 15 is 0 Å². The van der Waals surface area contributed by atoms with Crippen LogP contribution in [-0.2, 0) is 9.53 Å². The number of Topliss-reactive ketones (excluding diaryl/α,β-unsaturated/α-hetero) is 1. The molecule has 0 amide bonds. The molecule has 2 atom stereocenters. The number of methoxy groups -OCH3 is 1. The second-order valence-electron chi connectivity index (χ2n) is 10.5. The molecule has 0 aliphatic heterocycles. The highest BCUT2D eigenvalue weighted by molar-refractivity contribution is 6.84. The molecule has 4 heteroatoms. The third-order valence-electron chi connectivity index (χ3n) is 8.39. The Morgan fingerprint density at radius 2 is 1.54 bits per heavy atom. The first kappa shape index (κ1) is 23.7. The molecule has 0 bridgehead atoms. The molecule has 0 aromatic heterocycles. The van der Waals surface area contributed by atoms with Crippen LogP contribution < -0.4 is 5.32 Å². The van der Waals surface area contributed by atoms with Gasteiger partial charge in [0.25, 0.3) is 0 Å². The first-order chi connectivity index (χ1) is 13.0. The Labute approximate surface area is 175 Å². The molecule has 28 heavy (non-hydrogen) atoms. The quantitative estimate of drug-likeness (QED) is 0.469. The molecule has 1 N–H and O–H groups in total. The Kier molecular flexibility index (Phi) is 7.64. The Morgan fingerprint density at radius 3 is 1.96 bits per heavy atom. The van der Waals surface area contributed by atoms with Gasteiger partial charge in [-0.2, -0.15) is 0 Å². The maximum absolute atomic E-state index is 13.5. The first-order valence-corrected chi connectivity index (χ1v) is 14.1. The molecule has 0 heterocycles. The van der Waals surface area contributed by atoms with Gasteiger partial charge in [0.05, 0.1) is 20.7 Å². The van der Waals surface area contributed by atoms with E-state index in [0.717, 1.165) is 6.04 Å². The predicted molar refractivity (Wildman–Crippen MR) is 122 cm³/mol. The number of hydrogen-bond acceptors (Lipinski definition) is 3. The summed E-state index contributed by atoms with van der Waals surface area (Å²) >= 11 is 0. The maximum atomic E-state index is 13.5. The summed E-state index contributed by atoms with van der Waals surface area (Å²) in [6.45, 7) is 18.8. The fourth-order valence-corrected chi connectivity index (χ4v) is 12.7. The summed E-state index contributed by atoms with van der Waals surface area (Å²) in [6, 6.07) is 1.54. The lowest BCUT2D eigenvalue weighted by Gasteiger charge is -2.45. The largest absolute Gasteiger partial charge is 0.493 e. The lowest BCUT2D eigenvalue weighted by molar-refractivity contribution is -0.124. The molecule has 0 aromatic carbocycles. The fourth-order valence-electron chi connectivity index (χ4n) is 6.38. The molecular formula is C24H45NO2Si. The standard InChI is InChI=1S/C24H45NO2Si/c1-16(2)28(17(3)4,18(5)6)15-21-19(7)24(8,23(26)22(21)27-9)25-20-13-11-10-12-14-20/h16-20,25H,10-15H2,1-9H3/t19-,24+/m1/s1. The molecule has 0 aromatic rings. The van der Waals surface area contributed by atoms with Crippen LogP contribution in [0.15, 0.2) is 11.3 Å². The maximum Gasteiger partial charge on any atom is 0.217 e. The second kappa shape index (κ2) is 9.03. The van der Waals surface area contributed by atoms with E-state index in [1.54, 1.807) is 7.11 Å². The normalized spacial score (nSPS) is 27.6. The van der Waals surface area contributed by atoms with Crippen molar-refractivity contribution < 1.29 is 9.53 Å². The van der Waals surface area contributed by atoms with Gasteiger partial charge in [-0.05, 0) is 31.4 Å². The van der Waals surface area contributed by atoms with Crippen LogP contribution in [0, 0.1) is 5.92 Å². The molecule has 1 fully saturated rings. The summed E-state index contributed by atoms with van der Waals surface area (Å²) in [4.78, 5) is 13.5. The van der Waals surface area contributed by atoms with E-state index in [1.807, 2.05) is 0 Å². The molecule has 2 rings (SSSR count). The molecule has 0 unspecified atom stereocenters. The van der Waals surface area contributed by atoms with Gasteiger partial charge in [-0.15, -0.1) is 0 Å². The van der Waals surface area contributed by atoms with E-state index in [0.29, 0.717) is 28.4 Å². The molecule has 1 saturated carbocycles. The summed E-state index contributed by atoms with van der Waals surface area (Å²) < 4.78 is 5.79. The van der Waals surface area contributed by atoms with E-state index in [4.69, 9.17) is 4.74 Å². The Morgan fingerprint density at radius 1 is 1.04 bits per heavy atom. The van der Waals surface area contributed by atoms with Gasteiger partial charge in [0.1, 0.15) is 0 Å². The number of nitrogens with one attached hydrogen (secondary N) is 1. The lowest BCUT2D eigenvalue weighted by atomic mass is 9.83. The van der Waals surface area contributed by atoms with Gasteiger partial charge in [0.15, 0.2) is 5.76 Å². The van der Waals surface area contributed by atoms with E-state index in [-0.39, 0.29) is 11.7 Å². The van der Waals surface area contributed by atoms with Crippen LogP contribution >= 0.6 is 0 Å². The minimum Gasteiger partial charge on any atom is -0.493 e. The molecule has 2 aliphatic rings. The van der Waals surface area contributed by atoms with Crippen molar-refractivity contribution in [2.24, 2.45) is 5.92 Å². The summed E-state index contributed by atoms with van der Waals surface area (Å²) in [5, 5.41) is 3.81. The van der Waals surface area contributed by atoms with Crippen molar-refractivity contribution in [3.63, 3.8) is 0 Å². The van der Waals surface area contributed by atoms with Crippen molar-refractivity contribution in [2.45, 2.75) is 122 Å². The van der Waals surface area contributed by atoms with Crippen LogP contribution in [0.25, 0.3) is 0 Å². The van der Waals surface area contributed by atoms with Crippen molar-refractivity contribution in [2.75, 3.05) is 7.11 Å². The monoisotopic (exact) mass is 407 g/mol. The highest BCUT2D eigenvalue weighted by Crippen LogP contribution is 2.51. The molecule has 2 aliphatic carbocycles. The summed E-state index contributed by atoms with van der Waals surface area (Å²) in [5.41, 5.74) is 2.81. The van der Waals surface area contributed by atoms with Crippen molar-refractivity contribution in [3.8, 4) is 0 Å². The smallest absolute Gasteiger partial charge is 0.217 e. The highest BCUT2D eigenvalue weighted by atomic mass is 28.3. The summed E-state index contributed by atoms with van der Waals surface area (Å²) in [6.07, 6.45) is 6.26. The van der Waals surface area contributed by atoms with Gasteiger partial charge in [0, 0.05) is 12.0 Å². The van der Waals surface area contributed by atoms with Crippen molar-refractivity contribution in [1.82, 2.24) is 5.32 Å². The van der Waals surface area contributed by atoms with Gasteiger partial charge in [-0.25, -0.2) is 0 Å². The van der Waals surface area contributed by atoms with Gasteiger partial charge < -0.3 is 10.1 Å². The number of hydrogen-bond donors (Lipinski definition) is 1. The molecular weight excluding hydrogens is 362 g/mol. The van der Waals surface area contributed by atoms with Crippen LogP contribution in [0.5, 0.6) is 0 Å². The van der Waals surface area contributed by atoms with Gasteiger partial charge >= 0.3 is 0 Å². The van der Waals surface area contributed by atoms with Crippen LogP contribution in [0.2, 0.25) is 22.7 Å². The number of ketones is 1. The minimum absolute atomic E-state index is 0.183. The Hall–Kier alpha value is -0.613. The average molecular weight is 408 g/mol. The third-order valence-corrected chi connectivity index (χ3v) is 15.8. The topological polar surface area (TPSA) is 38.3 Å². The highest BCUT2D eigenvalue weighted by Gasteiger charge is 2.54. The van der Waals surface area contributed by atoms with Crippen molar-refractivity contribution in [3.05, 3.63) is 11.3 Å². The summed E-state index contributed by atoms with van der Waals surface area (Å²) in [5.74, 6) is 1.04. The van der Waals surface area contributed by atoms with Crippen molar-refractivity contribution in [1.29, 1.82) is 0 Å². The lowest BCUT2D eigenvalue weighted by Crippen LogP contribution is -2.56. The van der Waals surface area contributed by atoms with Crippen LogP contribution in [0.3, 0.4) is 0 Å². The number of carbonyl (C=O) groups is 1. The van der Waals surface area contributed by atoms with E-state index < -0.39 is 13.6 Å². The van der Waals surface area contributed by atoms with Gasteiger partial charge in [-0.3, -0.25) is 4.79 Å². The average Bonchev–Trinajstić information content (AvgIpc) is 2.80. The van der Waals surface area contributed by atoms with E-state index in [9.17, 15) is 4.79 Å². The number of ether oxygens (including phenoxy) is 1. The Balaban J connectivity index is 2.39. The molecule has 162 valence electrons. The zero-order chi connectivity index (χ0) is 21.3. The van der Waals surface area contributed by atoms with Crippen molar-refractivity contribution >= 4 is 13.9 Å². The predicted octanol–water partition coefficient (Wildman–Crippen LogP) is 6.47. The number of carbonyl (C=O) groups excluding carboxylic acids is 1. The second-order valence-corrected chi connectivity index (χ2v) is 16.6. The summed E-state index contributed by atoms with van der Waals surface area (Å²) in [7, 11) is 0.0354. The molecule has 0 saturated heterocycles. The number of rotatable bonds is 8. The SMILES string of the molecule is COC1=C(C[Si](C(C)C)(C(C)C)C(C)C)[C@@H](C)[C@](C)(NC2CCCCC2)C1=O. The van der Waals surface area contributed by atoms with Crippen LogP contribution in [0.1, 0.15) is 87.5 Å². The zero-order valence-corrected chi connectivity index (χ0v) is 20.9. The van der Waals surface area contributed by atoms with Gasteiger partial charge in [0.2, 0.25) is 5.78 Å².